The van der Waals surface area contributed by atoms with E-state index >= 15 is 0 Å². The van der Waals surface area contributed by atoms with E-state index in [4.69, 9.17) is 18.4 Å². The summed E-state index contributed by atoms with van der Waals surface area (Å²) in [6.07, 6.45) is 1.31. The lowest BCUT2D eigenvalue weighted by Crippen LogP contribution is -1.77. The van der Waals surface area contributed by atoms with E-state index in [0.717, 1.165) is 5.56 Å². The van der Waals surface area contributed by atoms with Crippen molar-refractivity contribution in [3.05, 3.63) is 82.5 Å². The number of hydrogen-bond acceptors (Lipinski definition) is 2. The molecule has 0 bridgehead atoms. The highest BCUT2D eigenvalue weighted by atomic mass is 16.4. The van der Waals surface area contributed by atoms with Crippen molar-refractivity contribution in [3.63, 3.8) is 0 Å². The fraction of sp³-hybridized carbons (Fsp3) is 0.0625. The zero-order valence-corrected chi connectivity index (χ0v) is 11.0. The molecule has 0 saturated heterocycles. The van der Waals surface area contributed by atoms with Crippen LogP contribution in [0.2, 0.25) is 0 Å². The van der Waals surface area contributed by atoms with Crippen molar-refractivity contribution >= 4 is 17.6 Å². The van der Waals surface area contributed by atoms with E-state index in [-0.39, 0.29) is 0 Å². The Labute approximate surface area is 118 Å². The Morgan fingerprint density at radius 1 is 0.900 bits per heavy atom. The molecule has 0 heterocycles. The highest BCUT2D eigenvalue weighted by Crippen LogP contribution is 2.11. The normalized spacial score (nSPS) is 9.15. The molecule has 1 N–H and O–H groups in total. The Bertz CT molecular complexity index is 644. The molecule has 0 spiro atoms. The number of rotatable bonds is 1. The van der Waals surface area contributed by atoms with Crippen molar-refractivity contribution < 1.29 is 5.21 Å². The third kappa shape index (κ3) is 5.03. The predicted octanol–water partition coefficient (Wildman–Crippen LogP) is 4.59. The van der Waals surface area contributed by atoms with Crippen LogP contribution in [0.15, 0.2) is 53.7 Å². The van der Waals surface area contributed by atoms with Gasteiger partial charge in [-0.2, -0.15) is 0 Å². The van der Waals surface area contributed by atoms with Gasteiger partial charge in [0.1, 0.15) is 0 Å². The number of nitrogens with zero attached hydrogens (tertiary/aromatic N) is 3. The average molecular weight is 263 g/mol. The molecule has 0 saturated carbocycles. The van der Waals surface area contributed by atoms with Gasteiger partial charge in [-0.05, 0) is 12.5 Å². The number of hydrogen-bond donors (Lipinski definition) is 1. The molecule has 0 amide bonds. The first kappa shape index (κ1) is 14.9. The van der Waals surface area contributed by atoms with Crippen molar-refractivity contribution in [2.45, 2.75) is 6.92 Å². The maximum atomic E-state index is 8.16. The largest absolute Gasteiger partial charge is 0.411 e. The van der Waals surface area contributed by atoms with E-state index in [1.165, 1.54) is 11.8 Å². The minimum Gasteiger partial charge on any atom is -0.411 e. The van der Waals surface area contributed by atoms with E-state index in [2.05, 4.69) is 14.8 Å². The van der Waals surface area contributed by atoms with Gasteiger partial charge in [0.25, 0.3) is 0 Å². The van der Waals surface area contributed by atoms with Gasteiger partial charge in [0.15, 0.2) is 11.4 Å². The van der Waals surface area contributed by atoms with Gasteiger partial charge < -0.3 is 5.21 Å². The van der Waals surface area contributed by atoms with E-state index in [0.29, 0.717) is 11.4 Å². The zero-order chi connectivity index (χ0) is 14.8. The second-order valence-electron chi connectivity index (χ2n) is 3.90. The summed E-state index contributed by atoms with van der Waals surface area (Å²) in [5, 5.41) is 11.0. The SMILES string of the molecule is [C-]#[N+]c1ccc(/C=N/O)cc1.[C-]#[N+]c1ccc(C)cc1. The third-order valence-corrected chi connectivity index (χ3v) is 2.39. The summed E-state index contributed by atoms with van der Waals surface area (Å²) in [4.78, 5) is 6.48. The van der Waals surface area contributed by atoms with E-state index in [9.17, 15) is 0 Å². The standard InChI is InChI=1S/C8H6N2O.C8H7N/c1-9-8-4-2-7(3-5-8)6-10-11;1-7-3-5-8(9-2)6-4-7/h2-6,11H;3-6H,1H3/b10-6+;. The lowest BCUT2D eigenvalue weighted by atomic mass is 10.2. The minimum absolute atomic E-state index is 0.583. The Kier molecular flexibility index (Phi) is 6.03. The number of aryl methyl sites for hydroxylation is 1. The molecule has 4 nitrogen and oxygen atoms in total. The molecular weight excluding hydrogens is 250 g/mol. The summed E-state index contributed by atoms with van der Waals surface area (Å²) < 4.78 is 0. The maximum absolute atomic E-state index is 8.16. The lowest BCUT2D eigenvalue weighted by Gasteiger charge is -1.89. The first-order valence-corrected chi connectivity index (χ1v) is 5.78. The van der Waals surface area contributed by atoms with Crippen LogP contribution >= 0.6 is 0 Å². The topological polar surface area (TPSA) is 41.3 Å². The summed E-state index contributed by atoms with van der Waals surface area (Å²) in [7, 11) is 0. The number of benzene rings is 2. The fourth-order valence-electron chi connectivity index (χ4n) is 1.32. The smallest absolute Gasteiger partial charge is 0.187 e. The Morgan fingerprint density at radius 2 is 1.35 bits per heavy atom. The van der Waals surface area contributed by atoms with Gasteiger partial charge in [0, 0.05) is 0 Å². The second kappa shape index (κ2) is 8.07. The molecule has 2 rings (SSSR count). The maximum Gasteiger partial charge on any atom is 0.187 e. The molecule has 2 aromatic rings. The minimum atomic E-state index is 0.583. The average Bonchev–Trinajstić information content (AvgIpc) is 2.50. The van der Waals surface area contributed by atoms with Crippen molar-refractivity contribution in [1.82, 2.24) is 0 Å². The van der Waals surface area contributed by atoms with Crippen LogP contribution in [0.3, 0.4) is 0 Å². The van der Waals surface area contributed by atoms with Crippen LogP contribution in [0, 0.1) is 20.1 Å². The van der Waals surface area contributed by atoms with E-state index < -0.39 is 0 Å². The van der Waals surface area contributed by atoms with Crippen molar-refractivity contribution in [1.29, 1.82) is 0 Å². The van der Waals surface area contributed by atoms with Crippen LogP contribution in [0.1, 0.15) is 11.1 Å². The lowest BCUT2D eigenvalue weighted by molar-refractivity contribution is 0.322. The first-order valence-electron chi connectivity index (χ1n) is 5.78. The highest BCUT2D eigenvalue weighted by molar-refractivity contribution is 5.79. The molecule has 98 valence electrons. The summed E-state index contributed by atoms with van der Waals surface area (Å²) in [5.41, 5.74) is 3.27. The molecule has 0 radical (unpaired) electrons. The van der Waals surface area contributed by atoms with Gasteiger partial charge in [0.05, 0.1) is 19.4 Å². The molecule has 0 fully saturated rings. The molecule has 0 atom stereocenters. The van der Waals surface area contributed by atoms with Gasteiger partial charge in [0.2, 0.25) is 0 Å². The van der Waals surface area contributed by atoms with Gasteiger partial charge in [-0.25, -0.2) is 9.69 Å². The quantitative estimate of drug-likeness (QED) is 0.347. The monoisotopic (exact) mass is 263 g/mol. The second-order valence-corrected chi connectivity index (χ2v) is 3.90. The van der Waals surface area contributed by atoms with Crippen molar-refractivity contribution in [2.75, 3.05) is 0 Å². The predicted molar refractivity (Wildman–Crippen MR) is 79.5 cm³/mol. The van der Waals surface area contributed by atoms with Gasteiger partial charge in [-0.1, -0.05) is 59.3 Å². The van der Waals surface area contributed by atoms with Crippen molar-refractivity contribution in [2.24, 2.45) is 5.16 Å². The molecule has 0 aliphatic rings. The molecule has 0 aliphatic carbocycles. The van der Waals surface area contributed by atoms with Crippen LogP contribution in [0.5, 0.6) is 0 Å². The van der Waals surface area contributed by atoms with Crippen LogP contribution in [-0.2, 0) is 0 Å². The zero-order valence-electron chi connectivity index (χ0n) is 11.0. The third-order valence-electron chi connectivity index (χ3n) is 2.39. The molecule has 0 aromatic heterocycles. The molecule has 0 aliphatic heterocycles. The molecular formula is C16H13N3O. The first-order chi connectivity index (χ1) is 9.69. The summed E-state index contributed by atoms with van der Waals surface area (Å²) in [6.45, 7) is 15.3. The molecule has 0 unspecified atom stereocenters. The number of oxime groups is 1. The van der Waals surface area contributed by atoms with E-state index in [1.54, 1.807) is 24.3 Å². The Balaban J connectivity index is 0.000000204. The van der Waals surface area contributed by atoms with E-state index in [1.807, 2.05) is 31.2 Å². The molecule has 4 heteroatoms. The Hall–Kier alpha value is -3.11. The highest BCUT2D eigenvalue weighted by Gasteiger charge is 1.89. The fourth-order valence-corrected chi connectivity index (χ4v) is 1.32. The van der Waals surface area contributed by atoms with Crippen LogP contribution in [0.4, 0.5) is 11.4 Å². The van der Waals surface area contributed by atoms with Crippen LogP contribution in [0.25, 0.3) is 9.69 Å². The van der Waals surface area contributed by atoms with Gasteiger partial charge in [-0.3, -0.25) is 0 Å². The summed E-state index contributed by atoms with van der Waals surface area (Å²) >= 11 is 0. The van der Waals surface area contributed by atoms with Crippen LogP contribution in [-0.4, -0.2) is 11.4 Å². The van der Waals surface area contributed by atoms with Crippen molar-refractivity contribution in [3.8, 4) is 0 Å². The molecule has 2 aromatic carbocycles. The van der Waals surface area contributed by atoms with Gasteiger partial charge >= 0.3 is 0 Å². The van der Waals surface area contributed by atoms with Crippen LogP contribution < -0.4 is 0 Å². The van der Waals surface area contributed by atoms with Gasteiger partial charge in [-0.15, -0.1) is 0 Å². The molecule has 20 heavy (non-hydrogen) atoms. The Morgan fingerprint density at radius 3 is 1.75 bits per heavy atom. The summed E-state index contributed by atoms with van der Waals surface area (Å²) in [5.74, 6) is 0. The summed E-state index contributed by atoms with van der Waals surface area (Å²) in [6, 6.07) is 14.3.